The normalized spacial score (nSPS) is 16.7. The van der Waals surface area contributed by atoms with Crippen LogP contribution in [0.4, 0.5) is 0 Å². The minimum absolute atomic E-state index is 0.0125. The Morgan fingerprint density at radius 1 is 1.23 bits per heavy atom. The molecule has 5 nitrogen and oxygen atoms in total. The van der Waals surface area contributed by atoms with Gasteiger partial charge in [0.15, 0.2) is 0 Å². The highest BCUT2D eigenvalue weighted by molar-refractivity contribution is 7.88. The maximum atomic E-state index is 12.4. The van der Waals surface area contributed by atoms with Crippen molar-refractivity contribution in [2.24, 2.45) is 5.92 Å². The zero-order valence-electron chi connectivity index (χ0n) is 15.1. The molecule has 3 rings (SSSR count). The summed E-state index contributed by atoms with van der Waals surface area (Å²) >= 11 is 1.79. The number of methoxy groups -OCH3 is 1. The second-order valence-corrected chi connectivity index (χ2v) is 9.60. The average molecular weight is 395 g/mol. The van der Waals surface area contributed by atoms with Gasteiger partial charge in [0, 0.05) is 18.0 Å². The van der Waals surface area contributed by atoms with Crippen molar-refractivity contribution < 1.29 is 13.2 Å². The Morgan fingerprint density at radius 3 is 2.73 bits per heavy atom. The van der Waals surface area contributed by atoms with Gasteiger partial charge in [-0.15, -0.1) is 11.3 Å². The molecule has 0 aliphatic carbocycles. The van der Waals surface area contributed by atoms with E-state index in [0.29, 0.717) is 18.2 Å². The molecule has 1 aliphatic heterocycles. The summed E-state index contributed by atoms with van der Waals surface area (Å²) in [5.74, 6) is 1.08. The number of hydrogen-bond acceptors (Lipinski definition) is 5. The van der Waals surface area contributed by atoms with Crippen LogP contribution in [0.15, 0.2) is 41.8 Å². The fourth-order valence-corrected chi connectivity index (χ4v) is 5.21. The topological polar surface area (TPSA) is 58.6 Å². The van der Waals surface area contributed by atoms with Gasteiger partial charge in [0.05, 0.1) is 12.9 Å². The van der Waals surface area contributed by atoms with Crippen LogP contribution < -0.4 is 9.46 Å². The number of benzene rings is 1. The first kappa shape index (κ1) is 19.4. The Kier molecular flexibility index (Phi) is 6.69. The fourth-order valence-electron chi connectivity index (χ4n) is 3.25. The average Bonchev–Trinajstić information content (AvgIpc) is 3.14. The Balaban J connectivity index is 1.43. The third-order valence-electron chi connectivity index (χ3n) is 4.75. The standard InChI is InChI=1S/C19H26N2O3S2/c1-24-18-5-2-4-17(12-18)15-26(22,23)20-13-16-7-9-21(10-8-16)14-19-6-3-11-25-19/h2-6,11-12,16,20H,7-10,13-15H2,1H3. The smallest absolute Gasteiger partial charge is 0.215 e. The molecule has 26 heavy (non-hydrogen) atoms. The molecule has 0 atom stereocenters. The number of ether oxygens (including phenoxy) is 1. The van der Waals surface area contributed by atoms with Crippen molar-refractivity contribution in [1.82, 2.24) is 9.62 Å². The summed E-state index contributed by atoms with van der Waals surface area (Å²) in [5, 5.41) is 2.11. The molecule has 2 heterocycles. The lowest BCUT2D eigenvalue weighted by Crippen LogP contribution is -2.38. The summed E-state index contributed by atoms with van der Waals surface area (Å²) in [7, 11) is -1.75. The van der Waals surface area contributed by atoms with Crippen molar-refractivity contribution in [3.8, 4) is 5.75 Å². The van der Waals surface area contributed by atoms with E-state index in [0.717, 1.165) is 38.0 Å². The Bertz CT molecular complexity index is 783. The highest BCUT2D eigenvalue weighted by Gasteiger charge is 2.21. The molecule has 1 aromatic carbocycles. The first-order valence-corrected chi connectivity index (χ1v) is 11.4. The molecule has 142 valence electrons. The molecule has 1 aromatic heterocycles. The third-order valence-corrected chi connectivity index (χ3v) is 6.93. The van der Waals surface area contributed by atoms with Gasteiger partial charge in [-0.25, -0.2) is 13.1 Å². The van der Waals surface area contributed by atoms with Crippen molar-refractivity contribution >= 4 is 21.4 Å². The quantitative estimate of drug-likeness (QED) is 0.747. The second-order valence-electron chi connectivity index (χ2n) is 6.76. The van der Waals surface area contributed by atoms with Crippen LogP contribution in [0.25, 0.3) is 0 Å². The summed E-state index contributed by atoms with van der Waals surface area (Å²) in [6.45, 7) is 3.59. The van der Waals surface area contributed by atoms with Crippen LogP contribution in [-0.4, -0.2) is 40.1 Å². The van der Waals surface area contributed by atoms with E-state index < -0.39 is 10.0 Å². The second kappa shape index (κ2) is 8.99. The number of likely N-dealkylation sites (tertiary alicyclic amines) is 1. The third kappa shape index (κ3) is 5.81. The number of rotatable bonds is 8. The predicted octanol–water partition coefficient (Wildman–Crippen LogP) is 3.09. The van der Waals surface area contributed by atoms with E-state index in [1.807, 2.05) is 18.2 Å². The van der Waals surface area contributed by atoms with Gasteiger partial charge in [0.25, 0.3) is 0 Å². The molecule has 0 radical (unpaired) electrons. The first-order chi connectivity index (χ1) is 12.5. The number of nitrogens with one attached hydrogen (secondary N) is 1. The van der Waals surface area contributed by atoms with Crippen LogP contribution >= 0.6 is 11.3 Å². The molecule has 7 heteroatoms. The van der Waals surface area contributed by atoms with E-state index in [9.17, 15) is 8.42 Å². The molecule has 1 N–H and O–H groups in total. The monoisotopic (exact) mass is 394 g/mol. The lowest BCUT2D eigenvalue weighted by atomic mass is 9.97. The predicted molar refractivity (Wildman–Crippen MR) is 106 cm³/mol. The number of hydrogen-bond donors (Lipinski definition) is 1. The van der Waals surface area contributed by atoms with Crippen LogP contribution in [0.1, 0.15) is 23.3 Å². The fraction of sp³-hybridized carbons (Fsp3) is 0.474. The molecule has 1 saturated heterocycles. The summed E-state index contributed by atoms with van der Waals surface area (Å²) in [6, 6.07) is 11.5. The lowest BCUT2D eigenvalue weighted by molar-refractivity contribution is 0.180. The molecule has 0 unspecified atom stereocenters. The van der Waals surface area contributed by atoms with E-state index in [1.54, 1.807) is 24.5 Å². The highest BCUT2D eigenvalue weighted by atomic mass is 32.2. The van der Waals surface area contributed by atoms with Gasteiger partial charge in [0.1, 0.15) is 5.75 Å². The minimum atomic E-state index is -3.33. The van der Waals surface area contributed by atoms with Gasteiger partial charge in [-0.1, -0.05) is 18.2 Å². The molecule has 0 saturated carbocycles. The van der Waals surface area contributed by atoms with Gasteiger partial charge in [0.2, 0.25) is 10.0 Å². The summed E-state index contributed by atoms with van der Waals surface area (Å²) in [6.07, 6.45) is 2.07. The SMILES string of the molecule is COc1cccc(CS(=O)(=O)NCC2CCN(Cc3cccs3)CC2)c1. The van der Waals surface area contributed by atoms with Crippen molar-refractivity contribution in [1.29, 1.82) is 0 Å². The first-order valence-electron chi connectivity index (χ1n) is 8.89. The Morgan fingerprint density at radius 2 is 2.04 bits per heavy atom. The summed E-state index contributed by atoms with van der Waals surface area (Å²) in [4.78, 5) is 3.84. The van der Waals surface area contributed by atoms with Gasteiger partial charge in [-0.05, 0) is 61.0 Å². The van der Waals surface area contributed by atoms with Gasteiger partial charge < -0.3 is 4.74 Å². The lowest BCUT2D eigenvalue weighted by Gasteiger charge is -2.31. The molecular formula is C19H26N2O3S2. The molecule has 0 bridgehead atoms. The summed E-state index contributed by atoms with van der Waals surface area (Å²) < 4.78 is 32.7. The Labute approximate surface area is 160 Å². The molecule has 1 fully saturated rings. The molecule has 0 amide bonds. The molecular weight excluding hydrogens is 368 g/mol. The number of nitrogens with zero attached hydrogens (tertiary/aromatic N) is 1. The van der Waals surface area contributed by atoms with Crippen molar-refractivity contribution in [3.05, 3.63) is 52.2 Å². The van der Waals surface area contributed by atoms with Crippen LogP contribution in [-0.2, 0) is 22.3 Å². The number of thiophene rings is 1. The molecule has 1 aliphatic rings. The zero-order chi connectivity index (χ0) is 18.4. The summed E-state index contributed by atoms with van der Waals surface area (Å²) in [5.41, 5.74) is 0.739. The number of piperidine rings is 1. The van der Waals surface area contributed by atoms with Crippen LogP contribution in [0, 0.1) is 5.92 Å². The zero-order valence-corrected chi connectivity index (χ0v) is 16.7. The molecule has 2 aromatic rings. The molecule has 0 spiro atoms. The van der Waals surface area contributed by atoms with Crippen molar-refractivity contribution in [2.75, 3.05) is 26.7 Å². The van der Waals surface area contributed by atoms with Crippen molar-refractivity contribution in [2.45, 2.75) is 25.1 Å². The van der Waals surface area contributed by atoms with E-state index in [2.05, 4.69) is 27.1 Å². The maximum absolute atomic E-state index is 12.4. The van der Waals surface area contributed by atoms with E-state index >= 15 is 0 Å². The van der Waals surface area contributed by atoms with E-state index in [-0.39, 0.29) is 5.75 Å². The van der Waals surface area contributed by atoms with E-state index in [4.69, 9.17) is 4.74 Å². The van der Waals surface area contributed by atoms with Gasteiger partial charge in [-0.3, -0.25) is 4.90 Å². The number of sulfonamides is 1. The van der Waals surface area contributed by atoms with Crippen LogP contribution in [0.3, 0.4) is 0 Å². The minimum Gasteiger partial charge on any atom is -0.497 e. The van der Waals surface area contributed by atoms with Gasteiger partial charge >= 0.3 is 0 Å². The van der Waals surface area contributed by atoms with Crippen LogP contribution in [0.2, 0.25) is 0 Å². The highest BCUT2D eigenvalue weighted by Crippen LogP contribution is 2.21. The van der Waals surface area contributed by atoms with Crippen molar-refractivity contribution in [3.63, 3.8) is 0 Å². The van der Waals surface area contributed by atoms with E-state index in [1.165, 1.54) is 4.88 Å². The van der Waals surface area contributed by atoms with Gasteiger partial charge in [-0.2, -0.15) is 0 Å². The Hall–Kier alpha value is -1.41. The maximum Gasteiger partial charge on any atom is 0.215 e. The van der Waals surface area contributed by atoms with Crippen LogP contribution in [0.5, 0.6) is 5.75 Å². The largest absolute Gasteiger partial charge is 0.497 e.